The van der Waals surface area contributed by atoms with E-state index in [-0.39, 0.29) is 17.9 Å². The topological polar surface area (TPSA) is 76.8 Å². The van der Waals surface area contributed by atoms with Gasteiger partial charge in [-0.15, -0.1) is 11.3 Å². The summed E-state index contributed by atoms with van der Waals surface area (Å²) in [5.41, 5.74) is 1.40. The Labute approximate surface area is 162 Å². The highest BCUT2D eigenvalue weighted by Gasteiger charge is 2.37. The van der Waals surface area contributed by atoms with E-state index in [1.807, 2.05) is 34.0 Å². The second-order valence-corrected chi connectivity index (χ2v) is 7.90. The number of fused-ring (bicyclic) bond motifs is 1. The molecule has 0 saturated heterocycles. The third-order valence-corrected chi connectivity index (χ3v) is 5.83. The quantitative estimate of drug-likeness (QED) is 0.692. The monoisotopic (exact) mass is 382 g/mol. The van der Waals surface area contributed by atoms with Crippen molar-refractivity contribution in [1.82, 2.24) is 29.6 Å². The molecule has 0 radical (unpaired) electrons. The summed E-state index contributed by atoms with van der Waals surface area (Å²) in [6, 6.07) is 3.71. The zero-order valence-corrected chi connectivity index (χ0v) is 16.5. The minimum atomic E-state index is -0.115. The van der Waals surface area contributed by atoms with E-state index in [2.05, 4.69) is 28.9 Å². The van der Waals surface area contributed by atoms with E-state index in [4.69, 9.17) is 4.98 Å². The Hall–Kier alpha value is -2.61. The molecule has 8 heteroatoms. The van der Waals surface area contributed by atoms with E-state index in [0.717, 1.165) is 22.8 Å². The van der Waals surface area contributed by atoms with Gasteiger partial charge in [0.2, 0.25) is 0 Å². The summed E-state index contributed by atoms with van der Waals surface area (Å²) in [7, 11) is 0. The van der Waals surface area contributed by atoms with Crippen molar-refractivity contribution in [3.05, 3.63) is 46.4 Å². The molecule has 3 aromatic rings. The van der Waals surface area contributed by atoms with E-state index in [0.29, 0.717) is 24.6 Å². The maximum Gasteiger partial charge on any atom is 0.274 e. The van der Waals surface area contributed by atoms with Gasteiger partial charge in [-0.25, -0.2) is 14.6 Å². The largest absolute Gasteiger partial charge is 0.325 e. The summed E-state index contributed by atoms with van der Waals surface area (Å²) in [5, 5.41) is 7.41. The van der Waals surface area contributed by atoms with Gasteiger partial charge in [0.15, 0.2) is 11.6 Å². The van der Waals surface area contributed by atoms with Gasteiger partial charge in [-0.3, -0.25) is 9.78 Å². The summed E-state index contributed by atoms with van der Waals surface area (Å²) < 4.78 is 1.94. The number of thiazole rings is 1. The molecule has 0 N–H and O–H groups in total. The Morgan fingerprint density at radius 2 is 2.22 bits per heavy atom. The van der Waals surface area contributed by atoms with Crippen molar-refractivity contribution in [3.63, 3.8) is 0 Å². The third kappa shape index (κ3) is 3.25. The molecule has 1 amide bonds. The molecular formula is C19H22N6OS. The molecular weight excluding hydrogens is 360 g/mol. The second-order valence-electron chi connectivity index (χ2n) is 6.84. The molecule has 7 nitrogen and oxygen atoms in total. The summed E-state index contributed by atoms with van der Waals surface area (Å²) in [5.74, 6) is 1.74. The number of aryl methyl sites for hydroxylation is 1. The normalized spacial score (nSPS) is 17.6. The average molecular weight is 382 g/mol. The lowest BCUT2D eigenvalue weighted by Crippen LogP contribution is -2.45. The molecule has 0 aliphatic carbocycles. The van der Waals surface area contributed by atoms with Crippen LogP contribution in [-0.4, -0.2) is 42.1 Å². The molecule has 0 spiro atoms. The van der Waals surface area contributed by atoms with Gasteiger partial charge >= 0.3 is 0 Å². The summed E-state index contributed by atoms with van der Waals surface area (Å²) in [6.45, 7) is 7.45. The Bertz CT molecular complexity index is 950. The van der Waals surface area contributed by atoms with Gasteiger partial charge in [-0.2, -0.15) is 5.10 Å². The van der Waals surface area contributed by atoms with Crippen molar-refractivity contribution in [2.24, 2.45) is 5.92 Å². The van der Waals surface area contributed by atoms with Crippen LogP contribution in [0.5, 0.6) is 0 Å². The maximum atomic E-state index is 13.1. The molecule has 1 aliphatic rings. The number of rotatable bonds is 4. The first-order valence-corrected chi connectivity index (χ1v) is 10.0. The number of amides is 1. The first kappa shape index (κ1) is 17.8. The van der Waals surface area contributed by atoms with E-state index in [9.17, 15) is 4.79 Å². The van der Waals surface area contributed by atoms with E-state index < -0.39 is 0 Å². The molecule has 2 atom stereocenters. The van der Waals surface area contributed by atoms with Crippen LogP contribution in [0.3, 0.4) is 0 Å². The van der Waals surface area contributed by atoms with E-state index >= 15 is 0 Å². The van der Waals surface area contributed by atoms with Gasteiger partial charge in [-0.05, 0) is 25.0 Å². The fraction of sp³-hybridized carbons (Fsp3) is 0.421. The Morgan fingerprint density at radius 3 is 2.89 bits per heavy atom. The predicted molar refractivity (Wildman–Crippen MR) is 103 cm³/mol. The van der Waals surface area contributed by atoms with Crippen LogP contribution in [0.2, 0.25) is 0 Å². The minimum Gasteiger partial charge on any atom is -0.325 e. The van der Waals surface area contributed by atoms with E-state index in [1.54, 1.807) is 12.4 Å². The molecule has 4 heterocycles. The lowest BCUT2D eigenvalue weighted by molar-refractivity contribution is 0.0513. The number of aromatic nitrogens is 5. The first-order valence-electron chi connectivity index (χ1n) is 9.16. The van der Waals surface area contributed by atoms with Crippen LogP contribution in [-0.2, 0) is 6.54 Å². The van der Waals surface area contributed by atoms with Gasteiger partial charge in [0, 0.05) is 29.9 Å². The fourth-order valence-electron chi connectivity index (χ4n) is 3.46. The number of hydrogen-bond acceptors (Lipinski definition) is 6. The van der Waals surface area contributed by atoms with E-state index in [1.165, 1.54) is 11.3 Å². The van der Waals surface area contributed by atoms with Crippen LogP contribution in [0.15, 0.2) is 29.9 Å². The molecule has 140 valence electrons. The second kappa shape index (κ2) is 7.19. The highest BCUT2D eigenvalue weighted by Crippen LogP contribution is 2.34. The standard InChI is InChI=1S/C19H22N6OS/c1-4-12(2)16-18-22-17(14-6-5-7-20-10-14)23-25(18)9-8-24(16)19(26)15-11-27-13(3)21-15/h5-7,10-12,16H,4,8-9H2,1-3H3/t12-,16-/m0/s1. The van der Waals surface area contributed by atoms with Gasteiger partial charge in [-0.1, -0.05) is 20.3 Å². The van der Waals surface area contributed by atoms with Gasteiger partial charge in [0.1, 0.15) is 5.69 Å². The lowest BCUT2D eigenvalue weighted by Gasteiger charge is -2.37. The van der Waals surface area contributed by atoms with Crippen LogP contribution < -0.4 is 0 Å². The van der Waals surface area contributed by atoms with Crippen LogP contribution in [0.25, 0.3) is 11.4 Å². The summed E-state index contributed by atoms with van der Waals surface area (Å²) >= 11 is 1.50. The summed E-state index contributed by atoms with van der Waals surface area (Å²) in [6.07, 6.45) is 4.44. The molecule has 0 unspecified atom stereocenters. The van der Waals surface area contributed by atoms with Crippen molar-refractivity contribution in [2.45, 2.75) is 39.8 Å². The van der Waals surface area contributed by atoms with Crippen molar-refractivity contribution >= 4 is 17.2 Å². The van der Waals surface area contributed by atoms with Crippen LogP contribution in [0, 0.1) is 12.8 Å². The predicted octanol–water partition coefficient (Wildman–Crippen LogP) is 3.35. The Balaban J connectivity index is 1.73. The number of pyridine rings is 1. The van der Waals surface area contributed by atoms with Crippen molar-refractivity contribution in [2.75, 3.05) is 6.54 Å². The van der Waals surface area contributed by atoms with Crippen LogP contribution in [0.4, 0.5) is 0 Å². The molecule has 27 heavy (non-hydrogen) atoms. The molecule has 4 rings (SSSR count). The van der Waals surface area contributed by atoms with Crippen molar-refractivity contribution in [3.8, 4) is 11.4 Å². The molecule has 0 bridgehead atoms. The molecule has 0 aromatic carbocycles. The molecule has 0 saturated carbocycles. The average Bonchev–Trinajstić information content (AvgIpc) is 3.33. The van der Waals surface area contributed by atoms with Crippen molar-refractivity contribution in [1.29, 1.82) is 0 Å². The fourth-order valence-corrected chi connectivity index (χ4v) is 4.04. The number of carbonyl (C=O) groups is 1. The Kier molecular flexibility index (Phi) is 4.73. The zero-order chi connectivity index (χ0) is 19.0. The number of carbonyl (C=O) groups excluding carboxylic acids is 1. The highest BCUT2D eigenvalue weighted by atomic mass is 32.1. The van der Waals surface area contributed by atoms with Gasteiger partial charge in [0.25, 0.3) is 5.91 Å². The maximum absolute atomic E-state index is 13.1. The molecule has 0 fully saturated rings. The van der Waals surface area contributed by atoms with Crippen LogP contribution in [0.1, 0.15) is 47.6 Å². The van der Waals surface area contributed by atoms with Crippen LogP contribution >= 0.6 is 11.3 Å². The SMILES string of the molecule is CC[C@H](C)[C@H]1c2nc(-c3cccnc3)nn2CCN1C(=O)c1csc(C)n1. The highest BCUT2D eigenvalue weighted by molar-refractivity contribution is 7.09. The summed E-state index contributed by atoms with van der Waals surface area (Å²) in [4.78, 5) is 28.4. The molecule has 1 aliphatic heterocycles. The zero-order valence-electron chi connectivity index (χ0n) is 15.7. The Morgan fingerprint density at radius 1 is 1.37 bits per heavy atom. The number of hydrogen-bond donors (Lipinski definition) is 0. The number of nitrogens with zero attached hydrogens (tertiary/aromatic N) is 6. The lowest BCUT2D eigenvalue weighted by atomic mass is 9.95. The minimum absolute atomic E-state index is 0.0261. The van der Waals surface area contributed by atoms with Crippen molar-refractivity contribution < 1.29 is 4.79 Å². The third-order valence-electron chi connectivity index (χ3n) is 5.06. The van der Waals surface area contributed by atoms with Gasteiger partial charge < -0.3 is 4.90 Å². The smallest absolute Gasteiger partial charge is 0.274 e. The first-order chi connectivity index (χ1) is 13.1. The molecule has 3 aromatic heterocycles. The van der Waals surface area contributed by atoms with Gasteiger partial charge in [0.05, 0.1) is 17.6 Å².